The first kappa shape index (κ1) is 20.9. The smallest absolute Gasteiger partial charge is 0.280 e. The number of fused-ring (bicyclic) bond motifs is 1. The van der Waals surface area contributed by atoms with Crippen LogP contribution in [0.25, 0.3) is 5.69 Å². The highest BCUT2D eigenvalue weighted by Gasteiger charge is 2.39. The third kappa shape index (κ3) is 4.09. The molecule has 1 aromatic carbocycles. The van der Waals surface area contributed by atoms with Crippen LogP contribution in [0.2, 0.25) is 0 Å². The molecule has 2 aromatic rings. The lowest BCUT2D eigenvalue weighted by molar-refractivity contribution is -0.131. The van der Waals surface area contributed by atoms with E-state index in [1.807, 2.05) is 39.0 Å². The van der Waals surface area contributed by atoms with Gasteiger partial charge in [0, 0.05) is 16.6 Å². The van der Waals surface area contributed by atoms with Crippen molar-refractivity contribution in [3.63, 3.8) is 0 Å². The van der Waals surface area contributed by atoms with Crippen LogP contribution in [0.1, 0.15) is 41.6 Å². The molecule has 4 unspecified atom stereocenters. The average Bonchev–Trinajstić information content (AvgIpc) is 2.99. The van der Waals surface area contributed by atoms with Crippen molar-refractivity contribution in [3.05, 3.63) is 50.9 Å². The van der Waals surface area contributed by atoms with E-state index in [0.29, 0.717) is 10.4 Å². The fourth-order valence-electron chi connectivity index (χ4n) is 4.12. The van der Waals surface area contributed by atoms with Crippen molar-refractivity contribution in [2.45, 2.75) is 57.2 Å². The number of nitrogens with one attached hydrogen (secondary N) is 4. The predicted octanol–water partition coefficient (Wildman–Crippen LogP) is 1.95. The lowest BCUT2D eigenvalue weighted by atomic mass is 9.82. The number of aryl methyl sites for hydroxylation is 3. The van der Waals surface area contributed by atoms with Crippen LogP contribution in [0.5, 0.6) is 0 Å². The third-order valence-corrected chi connectivity index (χ3v) is 6.89. The summed E-state index contributed by atoms with van der Waals surface area (Å²) >= 11 is 3.62. The number of H-pyrrole nitrogens is 1. The molecule has 0 spiro atoms. The average molecular weight is 475 g/mol. The number of aromatic nitrogens is 2. The van der Waals surface area contributed by atoms with Crippen LogP contribution >= 0.6 is 15.9 Å². The molecule has 2 aliphatic rings. The SMILES string of the molecule is Cc1ccc(-n2[nH]c(C)c(/C=N/NC3NC(=O)C4CC(Br)CCC4N3)c2=O)cc1C. The van der Waals surface area contributed by atoms with E-state index in [4.69, 9.17) is 0 Å². The molecule has 2 fully saturated rings. The fourth-order valence-corrected chi connectivity index (χ4v) is 4.78. The van der Waals surface area contributed by atoms with Crippen LogP contribution in [0.4, 0.5) is 0 Å². The Kier molecular flexibility index (Phi) is 5.84. The summed E-state index contributed by atoms with van der Waals surface area (Å²) in [5.74, 6) is 0.00719. The van der Waals surface area contributed by atoms with Gasteiger partial charge in [-0.15, -0.1) is 0 Å². The van der Waals surface area contributed by atoms with E-state index in [-0.39, 0.29) is 23.4 Å². The van der Waals surface area contributed by atoms with E-state index in [9.17, 15) is 9.59 Å². The number of alkyl halides is 1. The van der Waals surface area contributed by atoms with Crippen LogP contribution in [0.3, 0.4) is 0 Å². The van der Waals surface area contributed by atoms with Gasteiger partial charge in [0.2, 0.25) is 5.91 Å². The molecule has 160 valence electrons. The molecule has 30 heavy (non-hydrogen) atoms. The van der Waals surface area contributed by atoms with Crippen molar-refractivity contribution in [2.24, 2.45) is 11.0 Å². The van der Waals surface area contributed by atoms with Gasteiger partial charge in [-0.05, 0) is 63.3 Å². The summed E-state index contributed by atoms with van der Waals surface area (Å²) in [5.41, 5.74) is 7.03. The van der Waals surface area contributed by atoms with Gasteiger partial charge in [-0.1, -0.05) is 22.0 Å². The lowest BCUT2D eigenvalue weighted by Gasteiger charge is -2.41. The molecular weight excluding hydrogens is 448 g/mol. The maximum absolute atomic E-state index is 12.9. The van der Waals surface area contributed by atoms with E-state index in [1.165, 1.54) is 16.5 Å². The summed E-state index contributed by atoms with van der Waals surface area (Å²) in [7, 11) is 0. The summed E-state index contributed by atoms with van der Waals surface area (Å²) in [4.78, 5) is 25.7. The number of carbonyl (C=O) groups is 1. The molecule has 0 radical (unpaired) electrons. The fraction of sp³-hybridized carbons (Fsp3) is 0.476. The van der Waals surface area contributed by atoms with Crippen molar-refractivity contribution in [1.82, 2.24) is 25.8 Å². The predicted molar refractivity (Wildman–Crippen MR) is 120 cm³/mol. The normalized spacial score (nSPS) is 26.5. The molecule has 2 heterocycles. The zero-order valence-electron chi connectivity index (χ0n) is 17.3. The molecule has 1 saturated heterocycles. The van der Waals surface area contributed by atoms with Crippen LogP contribution < -0.4 is 21.6 Å². The number of nitrogens with zero attached hydrogens (tertiary/aromatic N) is 2. The van der Waals surface area contributed by atoms with E-state index >= 15 is 0 Å². The lowest BCUT2D eigenvalue weighted by Crippen LogP contribution is -2.66. The Balaban J connectivity index is 1.46. The minimum atomic E-state index is -0.455. The van der Waals surface area contributed by atoms with Crippen LogP contribution in [-0.4, -0.2) is 39.1 Å². The maximum Gasteiger partial charge on any atom is 0.280 e. The standard InChI is InChI=1S/C21H27BrN6O2/c1-11-4-6-15(8-12(11)2)28-20(30)17(13(3)27-28)10-23-26-21-24-18-7-5-14(22)9-16(18)19(29)25-21/h4,6,8,10,14,16,18,21,24,26-27H,5,7,9H2,1-3H3,(H,25,29)/b23-10+. The molecule has 9 heteroatoms. The Labute approximate surface area is 183 Å². The zero-order chi connectivity index (χ0) is 21.4. The molecule has 1 amide bonds. The van der Waals surface area contributed by atoms with Crippen molar-refractivity contribution in [2.75, 3.05) is 0 Å². The number of amides is 1. The van der Waals surface area contributed by atoms with E-state index < -0.39 is 6.29 Å². The monoisotopic (exact) mass is 474 g/mol. The van der Waals surface area contributed by atoms with Gasteiger partial charge in [0.15, 0.2) is 6.29 Å². The molecule has 1 saturated carbocycles. The number of hydrazone groups is 1. The van der Waals surface area contributed by atoms with E-state index in [1.54, 1.807) is 0 Å². The van der Waals surface area contributed by atoms with Gasteiger partial charge < -0.3 is 5.32 Å². The number of halogens is 1. The van der Waals surface area contributed by atoms with Crippen molar-refractivity contribution >= 4 is 28.1 Å². The van der Waals surface area contributed by atoms with Crippen LogP contribution in [-0.2, 0) is 4.79 Å². The van der Waals surface area contributed by atoms with Crippen LogP contribution in [0, 0.1) is 26.7 Å². The van der Waals surface area contributed by atoms with Gasteiger partial charge in [-0.3, -0.25) is 25.4 Å². The van der Waals surface area contributed by atoms with Gasteiger partial charge in [0.1, 0.15) is 0 Å². The Bertz CT molecular complexity index is 1040. The minimum Gasteiger partial charge on any atom is -0.322 e. The molecule has 1 aromatic heterocycles. The number of hydrogen-bond donors (Lipinski definition) is 4. The first-order valence-electron chi connectivity index (χ1n) is 10.2. The zero-order valence-corrected chi connectivity index (χ0v) is 18.9. The Morgan fingerprint density at radius 2 is 2.00 bits per heavy atom. The van der Waals surface area contributed by atoms with E-state index in [0.717, 1.165) is 36.2 Å². The minimum absolute atomic E-state index is 0.0257. The first-order chi connectivity index (χ1) is 14.3. The molecule has 0 bridgehead atoms. The molecule has 4 rings (SSSR count). The van der Waals surface area contributed by atoms with Gasteiger partial charge in [0.05, 0.1) is 23.4 Å². The highest BCUT2D eigenvalue weighted by atomic mass is 79.9. The second kappa shape index (κ2) is 8.39. The van der Waals surface area contributed by atoms with Gasteiger partial charge in [-0.2, -0.15) is 5.10 Å². The van der Waals surface area contributed by atoms with Gasteiger partial charge >= 0.3 is 0 Å². The maximum atomic E-state index is 12.9. The van der Waals surface area contributed by atoms with Crippen LogP contribution in [0.15, 0.2) is 28.1 Å². The molecule has 4 atom stereocenters. The molecule has 1 aliphatic carbocycles. The molecule has 1 aliphatic heterocycles. The molecular formula is C21H27BrN6O2. The number of carbonyl (C=O) groups excluding carboxylic acids is 1. The topological polar surface area (TPSA) is 103 Å². The quantitative estimate of drug-likeness (QED) is 0.308. The van der Waals surface area contributed by atoms with Crippen molar-refractivity contribution in [1.29, 1.82) is 0 Å². The largest absolute Gasteiger partial charge is 0.322 e. The second-order valence-corrected chi connectivity index (χ2v) is 9.47. The highest BCUT2D eigenvalue weighted by Crippen LogP contribution is 2.31. The third-order valence-electron chi connectivity index (χ3n) is 6.05. The Morgan fingerprint density at radius 1 is 1.20 bits per heavy atom. The second-order valence-electron chi connectivity index (χ2n) is 8.18. The van der Waals surface area contributed by atoms with Gasteiger partial charge in [-0.25, -0.2) is 4.68 Å². The van der Waals surface area contributed by atoms with E-state index in [2.05, 4.69) is 42.2 Å². The molecule has 8 nitrogen and oxygen atoms in total. The Hall–Kier alpha value is -2.39. The summed E-state index contributed by atoms with van der Waals surface area (Å²) in [6.45, 7) is 5.90. The summed E-state index contributed by atoms with van der Waals surface area (Å²) in [6, 6.07) is 6.02. The van der Waals surface area contributed by atoms with Gasteiger partial charge in [0.25, 0.3) is 5.56 Å². The number of hydrogen-bond acceptors (Lipinski definition) is 5. The Morgan fingerprint density at radius 3 is 2.77 bits per heavy atom. The first-order valence-corrected chi connectivity index (χ1v) is 11.1. The summed E-state index contributed by atoms with van der Waals surface area (Å²) in [6.07, 6.45) is 3.86. The summed E-state index contributed by atoms with van der Waals surface area (Å²) < 4.78 is 1.52. The van der Waals surface area contributed by atoms with Crippen molar-refractivity contribution < 1.29 is 4.79 Å². The number of rotatable bonds is 4. The highest BCUT2D eigenvalue weighted by molar-refractivity contribution is 9.09. The summed E-state index contributed by atoms with van der Waals surface area (Å²) in [5, 5.41) is 13.6. The number of benzene rings is 1. The number of aromatic amines is 1. The van der Waals surface area contributed by atoms with Crippen molar-refractivity contribution in [3.8, 4) is 5.69 Å². The molecule has 4 N–H and O–H groups in total.